The molecule has 2 rings (SSSR count). The fraction of sp³-hybridized carbons (Fsp3) is 0.222. The average Bonchev–Trinajstić information content (AvgIpc) is 2.55. The maximum absolute atomic E-state index is 10.5. The van der Waals surface area contributed by atoms with Crippen LogP contribution >= 0.6 is 0 Å². The summed E-state index contributed by atoms with van der Waals surface area (Å²) in [6.07, 6.45) is 5.01. The Hall–Kier alpha value is -2.82. The first-order valence-corrected chi connectivity index (χ1v) is 7.62. The third-order valence-electron chi connectivity index (χ3n) is 3.25. The molecule has 0 fully saturated rings. The Morgan fingerprint density at radius 1 is 1.13 bits per heavy atom. The Kier molecular flexibility index (Phi) is 6.17. The van der Waals surface area contributed by atoms with Crippen LogP contribution in [-0.4, -0.2) is 12.2 Å². The number of nitrogens with zero attached hydrogens (tertiary/aromatic N) is 1. The number of carbonyl (C=O) groups excluding carboxylic acids is 1. The fourth-order valence-corrected chi connectivity index (χ4v) is 2.03. The summed E-state index contributed by atoms with van der Waals surface area (Å²) in [5.74, 6) is 1.55. The zero-order valence-electron chi connectivity index (χ0n) is 13.2. The lowest BCUT2D eigenvalue weighted by atomic mass is 10.1. The van der Waals surface area contributed by atoms with E-state index in [9.17, 15) is 4.79 Å². The number of aryl methyl sites for hydroxylation is 1. The molecule has 0 heterocycles. The molecular formula is C18H21N3O2. The Morgan fingerprint density at radius 2 is 1.74 bits per heavy atom. The van der Waals surface area contributed by atoms with Crippen molar-refractivity contribution in [1.29, 1.82) is 0 Å². The van der Waals surface area contributed by atoms with E-state index >= 15 is 0 Å². The number of primary amides is 1. The van der Waals surface area contributed by atoms with E-state index in [-0.39, 0.29) is 0 Å². The van der Waals surface area contributed by atoms with Gasteiger partial charge in [0, 0.05) is 0 Å². The predicted octanol–water partition coefficient (Wildman–Crippen LogP) is 3.82. The molecule has 5 heteroatoms. The lowest BCUT2D eigenvalue weighted by Gasteiger charge is -2.07. The molecule has 0 unspecified atom stereocenters. The Labute approximate surface area is 136 Å². The van der Waals surface area contributed by atoms with Crippen molar-refractivity contribution in [2.45, 2.75) is 26.2 Å². The number of nitrogens with one attached hydrogen (secondary N) is 1. The van der Waals surface area contributed by atoms with Crippen LogP contribution in [0.25, 0.3) is 0 Å². The van der Waals surface area contributed by atoms with Gasteiger partial charge in [0.05, 0.1) is 6.21 Å². The first kappa shape index (κ1) is 16.5. The molecule has 5 nitrogen and oxygen atoms in total. The Balaban J connectivity index is 1.92. The second kappa shape index (κ2) is 8.58. The van der Waals surface area contributed by atoms with Gasteiger partial charge in [0.15, 0.2) is 0 Å². The van der Waals surface area contributed by atoms with Crippen molar-refractivity contribution >= 4 is 12.2 Å². The molecule has 3 N–H and O–H groups in total. The molecule has 2 amide bonds. The summed E-state index contributed by atoms with van der Waals surface area (Å²) >= 11 is 0. The second-order valence-corrected chi connectivity index (χ2v) is 5.15. The van der Waals surface area contributed by atoms with E-state index in [4.69, 9.17) is 10.5 Å². The van der Waals surface area contributed by atoms with Crippen LogP contribution in [0, 0.1) is 0 Å². The topological polar surface area (TPSA) is 76.7 Å². The molecule has 0 atom stereocenters. The van der Waals surface area contributed by atoms with Gasteiger partial charge in [-0.25, -0.2) is 10.2 Å². The molecule has 0 saturated carbocycles. The van der Waals surface area contributed by atoms with Gasteiger partial charge >= 0.3 is 6.03 Å². The molecule has 0 aliphatic heterocycles. The van der Waals surface area contributed by atoms with Gasteiger partial charge in [-0.15, -0.1) is 0 Å². The summed E-state index contributed by atoms with van der Waals surface area (Å²) in [4.78, 5) is 10.5. The highest BCUT2D eigenvalue weighted by Crippen LogP contribution is 2.22. The van der Waals surface area contributed by atoms with E-state index in [1.807, 2.05) is 36.4 Å². The predicted molar refractivity (Wildman–Crippen MR) is 91.9 cm³/mol. The van der Waals surface area contributed by atoms with Crippen molar-refractivity contribution in [3.63, 3.8) is 0 Å². The molecule has 0 aromatic heterocycles. The van der Waals surface area contributed by atoms with Gasteiger partial charge in [-0.3, -0.25) is 0 Å². The highest BCUT2D eigenvalue weighted by Gasteiger charge is 1.99. The van der Waals surface area contributed by atoms with Crippen LogP contribution in [0.15, 0.2) is 53.6 Å². The number of hydrogen-bond donors (Lipinski definition) is 2. The highest BCUT2D eigenvalue weighted by atomic mass is 16.5. The van der Waals surface area contributed by atoms with Crippen LogP contribution in [0.4, 0.5) is 4.79 Å². The smallest absolute Gasteiger partial charge is 0.332 e. The van der Waals surface area contributed by atoms with E-state index in [0.29, 0.717) is 0 Å². The molecule has 23 heavy (non-hydrogen) atoms. The number of unbranched alkanes of at least 4 members (excludes halogenated alkanes) is 1. The minimum atomic E-state index is -0.691. The molecule has 2 aromatic carbocycles. The molecule has 2 aromatic rings. The number of hydrogen-bond acceptors (Lipinski definition) is 3. The van der Waals surface area contributed by atoms with E-state index in [0.717, 1.165) is 23.5 Å². The highest BCUT2D eigenvalue weighted by molar-refractivity contribution is 5.81. The summed E-state index contributed by atoms with van der Waals surface area (Å²) in [7, 11) is 0. The number of hydrazone groups is 1. The van der Waals surface area contributed by atoms with Crippen LogP contribution in [0.2, 0.25) is 0 Å². The first-order chi connectivity index (χ1) is 11.2. The van der Waals surface area contributed by atoms with Crippen molar-refractivity contribution in [1.82, 2.24) is 5.43 Å². The summed E-state index contributed by atoms with van der Waals surface area (Å²) in [5.41, 5.74) is 9.23. The number of urea groups is 1. The molecule has 120 valence electrons. The number of carbonyl (C=O) groups is 1. The lowest BCUT2D eigenvalue weighted by molar-refractivity contribution is 0.249. The van der Waals surface area contributed by atoms with Crippen molar-refractivity contribution < 1.29 is 9.53 Å². The van der Waals surface area contributed by atoms with Crippen LogP contribution in [-0.2, 0) is 6.42 Å². The third-order valence-corrected chi connectivity index (χ3v) is 3.25. The van der Waals surface area contributed by atoms with Crippen molar-refractivity contribution in [2.75, 3.05) is 0 Å². The number of nitrogens with two attached hydrogens (primary N) is 1. The number of benzene rings is 2. The van der Waals surface area contributed by atoms with Gasteiger partial charge in [-0.1, -0.05) is 25.5 Å². The van der Waals surface area contributed by atoms with E-state index in [1.165, 1.54) is 24.6 Å². The maximum Gasteiger partial charge on any atom is 0.332 e. The monoisotopic (exact) mass is 311 g/mol. The summed E-state index contributed by atoms with van der Waals surface area (Å²) in [6, 6.07) is 14.8. The SMILES string of the molecule is CCCCc1ccc(Oc2ccc(/C=N/NC(N)=O)cc2)cc1. The second-order valence-electron chi connectivity index (χ2n) is 5.15. The van der Waals surface area contributed by atoms with Crippen molar-refractivity contribution in [3.8, 4) is 11.5 Å². The summed E-state index contributed by atoms with van der Waals surface area (Å²) < 4.78 is 5.80. The number of amides is 2. The van der Waals surface area contributed by atoms with Crippen LogP contribution in [0.5, 0.6) is 11.5 Å². The molecule has 0 radical (unpaired) electrons. The minimum Gasteiger partial charge on any atom is -0.457 e. The molecule has 0 spiro atoms. The molecule has 0 bridgehead atoms. The van der Waals surface area contributed by atoms with E-state index in [2.05, 4.69) is 29.6 Å². The number of rotatable bonds is 7. The Bertz CT molecular complexity index is 649. The standard InChI is InChI=1S/C18H21N3O2/c1-2-3-4-14-5-9-16(10-6-14)23-17-11-7-15(8-12-17)13-20-21-18(19)22/h5-13H,2-4H2,1H3,(H3,19,21,22)/b20-13+. The third kappa shape index (κ3) is 5.82. The van der Waals surface area contributed by atoms with Gasteiger partial charge in [0.2, 0.25) is 0 Å². The van der Waals surface area contributed by atoms with Crippen LogP contribution in [0.3, 0.4) is 0 Å². The first-order valence-electron chi connectivity index (χ1n) is 7.62. The largest absolute Gasteiger partial charge is 0.457 e. The normalized spacial score (nSPS) is 10.7. The van der Waals surface area contributed by atoms with Crippen LogP contribution in [0.1, 0.15) is 30.9 Å². The van der Waals surface area contributed by atoms with Gasteiger partial charge < -0.3 is 10.5 Å². The number of ether oxygens (including phenoxy) is 1. The van der Waals surface area contributed by atoms with Crippen molar-refractivity contribution in [3.05, 3.63) is 59.7 Å². The summed E-state index contributed by atoms with van der Waals surface area (Å²) in [5, 5.41) is 3.70. The van der Waals surface area contributed by atoms with E-state index in [1.54, 1.807) is 0 Å². The molecular weight excluding hydrogens is 290 g/mol. The van der Waals surface area contributed by atoms with E-state index < -0.39 is 6.03 Å². The Morgan fingerprint density at radius 3 is 2.30 bits per heavy atom. The molecule has 0 aliphatic carbocycles. The zero-order chi connectivity index (χ0) is 16.5. The summed E-state index contributed by atoms with van der Waals surface area (Å²) in [6.45, 7) is 2.19. The van der Waals surface area contributed by atoms with Gasteiger partial charge in [-0.2, -0.15) is 5.10 Å². The van der Waals surface area contributed by atoms with Gasteiger partial charge in [0.1, 0.15) is 11.5 Å². The van der Waals surface area contributed by atoms with Gasteiger partial charge in [0.25, 0.3) is 0 Å². The van der Waals surface area contributed by atoms with Gasteiger partial charge in [-0.05, 0) is 60.4 Å². The minimum absolute atomic E-state index is 0.691. The fourth-order valence-electron chi connectivity index (χ4n) is 2.03. The average molecular weight is 311 g/mol. The maximum atomic E-state index is 10.5. The zero-order valence-corrected chi connectivity index (χ0v) is 13.2. The quantitative estimate of drug-likeness (QED) is 0.602. The molecule has 0 aliphatic rings. The van der Waals surface area contributed by atoms with Crippen molar-refractivity contribution in [2.24, 2.45) is 10.8 Å². The molecule has 0 saturated heterocycles. The lowest BCUT2D eigenvalue weighted by Crippen LogP contribution is -2.24. The van der Waals surface area contributed by atoms with Crippen LogP contribution < -0.4 is 15.9 Å².